The second-order valence-electron chi connectivity index (χ2n) is 5.50. The van der Waals surface area contributed by atoms with Crippen molar-refractivity contribution in [1.29, 1.82) is 5.26 Å². The second kappa shape index (κ2) is 7.10. The molecular formula is C20H19N3O2. The van der Waals surface area contributed by atoms with E-state index in [1.54, 1.807) is 7.11 Å². The van der Waals surface area contributed by atoms with E-state index in [4.69, 9.17) is 9.47 Å². The first-order valence-corrected chi connectivity index (χ1v) is 8.02. The number of para-hydroxylation sites is 2. The molecule has 126 valence electrons. The van der Waals surface area contributed by atoms with E-state index in [-0.39, 0.29) is 0 Å². The maximum atomic E-state index is 9.64. The summed E-state index contributed by atoms with van der Waals surface area (Å²) in [5.41, 5.74) is 3.20. The Hall–Kier alpha value is -3.26. The van der Waals surface area contributed by atoms with Gasteiger partial charge in [0, 0.05) is 7.05 Å². The third-order valence-electron chi connectivity index (χ3n) is 3.95. The predicted molar refractivity (Wildman–Crippen MR) is 98.4 cm³/mol. The Morgan fingerprint density at radius 3 is 2.72 bits per heavy atom. The van der Waals surface area contributed by atoms with Crippen molar-refractivity contribution in [3.05, 3.63) is 53.9 Å². The zero-order valence-corrected chi connectivity index (χ0v) is 14.5. The Labute approximate surface area is 146 Å². The highest BCUT2D eigenvalue weighted by Crippen LogP contribution is 2.30. The van der Waals surface area contributed by atoms with Crippen molar-refractivity contribution in [2.75, 3.05) is 13.7 Å². The van der Waals surface area contributed by atoms with Crippen molar-refractivity contribution in [2.24, 2.45) is 7.05 Å². The highest BCUT2D eigenvalue weighted by molar-refractivity contribution is 5.91. The Morgan fingerprint density at radius 2 is 2.04 bits per heavy atom. The summed E-state index contributed by atoms with van der Waals surface area (Å²) in [7, 11) is 3.52. The van der Waals surface area contributed by atoms with Crippen LogP contribution in [-0.2, 0) is 7.05 Å². The Morgan fingerprint density at radius 1 is 1.24 bits per heavy atom. The van der Waals surface area contributed by atoms with Gasteiger partial charge in [0.15, 0.2) is 17.3 Å². The van der Waals surface area contributed by atoms with Gasteiger partial charge >= 0.3 is 0 Å². The molecule has 0 amide bonds. The van der Waals surface area contributed by atoms with Gasteiger partial charge in [0.25, 0.3) is 0 Å². The zero-order valence-electron chi connectivity index (χ0n) is 14.5. The van der Waals surface area contributed by atoms with Crippen molar-refractivity contribution in [1.82, 2.24) is 9.55 Å². The Kier molecular flexibility index (Phi) is 4.71. The number of imidazole rings is 1. The largest absolute Gasteiger partial charge is 0.493 e. The molecule has 0 radical (unpaired) electrons. The third kappa shape index (κ3) is 3.20. The lowest BCUT2D eigenvalue weighted by molar-refractivity contribution is 0.311. The molecule has 0 saturated heterocycles. The van der Waals surface area contributed by atoms with Gasteiger partial charge in [-0.2, -0.15) is 5.26 Å². The summed E-state index contributed by atoms with van der Waals surface area (Å²) in [5, 5.41) is 9.64. The fraction of sp³-hybridized carbons (Fsp3) is 0.200. The number of hydrogen-bond donors (Lipinski definition) is 0. The van der Waals surface area contributed by atoms with Crippen LogP contribution in [0.3, 0.4) is 0 Å². The van der Waals surface area contributed by atoms with Crippen molar-refractivity contribution < 1.29 is 9.47 Å². The summed E-state index contributed by atoms with van der Waals surface area (Å²) >= 11 is 0. The maximum absolute atomic E-state index is 9.64. The van der Waals surface area contributed by atoms with E-state index in [2.05, 4.69) is 11.1 Å². The molecule has 0 spiro atoms. The van der Waals surface area contributed by atoms with E-state index >= 15 is 0 Å². The molecule has 25 heavy (non-hydrogen) atoms. The molecule has 1 aromatic heterocycles. The average molecular weight is 333 g/mol. The molecule has 1 heterocycles. The number of fused-ring (bicyclic) bond motifs is 1. The van der Waals surface area contributed by atoms with Crippen LogP contribution in [0.1, 0.15) is 18.3 Å². The molecular weight excluding hydrogens is 314 g/mol. The first-order valence-electron chi connectivity index (χ1n) is 8.02. The molecule has 3 rings (SSSR count). The van der Waals surface area contributed by atoms with Crippen LogP contribution in [0.5, 0.6) is 11.5 Å². The average Bonchev–Trinajstić information content (AvgIpc) is 2.97. The minimum absolute atomic E-state index is 0.492. The van der Waals surface area contributed by atoms with Gasteiger partial charge in [-0.3, -0.25) is 0 Å². The molecule has 0 aliphatic rings. The molecule has 0 fully saturated rings. The maximum Gasteiger partial charge on any atom is 0.161 e. The van der Waals surface area contributed by atoms with Gasteiger partial charge in [-0.1, -0.05) is 18.2 Å². The van der Waals surface area contributed by atoms with E-state index in [9.17, 15) is 5.26 Å². The summed E-state index contributed by atoms with van der Waals surface area (Å²) in [6.07, 6.45) is 1.81. The number of aryl methyl sites for hydroxylation is 1. The van der Waals surface area contributed by atoms with Gasteiger partial charge < -0.3 is 14.0 Å². The van der Waals surface area contributed by atoms with E-state index in [1.807, 2.05) is 67.1 Å². The minimum atomic E-state index is 0.492. The molecule has 0 saturated carbocycles. The number of ether oxygens (including phenoxy) is 2. The first-order chi connectivity index (χ1) is 12.2. The SMILES string of the molecule is CCOc1cc(C=C(C#N)c2nc3ccccc3n2C)ccc1OC. The Balaban J connectivity index is 2.07. The summed E-state index contributed by atoms with van der Waals surface area (Å²) in [6, 6.07) is 15.7. The quantitative estimate of drug-likeness (QED) is 0.661. The van der Waals surface area contributed by atoms with E-state index in [0.717, 1.165) is 16.6 Å². The van der Waals surface area contributed by atoms with Gasteiger partial charge in [0.2, 0.25) is 0 Å². The highest BCUT2D eigenvalue weighted by Gasteiger charge is 2.12. The number of nitriles is 1. The van der Waals surface area contributed by atoms with Gasteiger partial charge in [-0.05, 0) is 42.8 Å². The first kappa shape index (κ1) is 16.6. The molecule has 0 aliphatic heterocycles. The Bertz CT molecular complexity index is 980. The van der Waals surface area contributed by atoms with Crippen LogP contribution in [0.25, 0.3) is 22.7 Å². The van der Waals surface area contributed by atoms with Crippen LogP contribution >= 0.6 is 0 Å². The molecule has 0 N–H and O–H groups in total. The zero-order chi connectivity index (χ0) is 17.8. The van der Waals surface area contributed by atoms with Crippen LogP contribution in [0.2, 0.25) is 0 Å². The monoisotopic (exact) mass is 333 g/mol. The standard InChI is InChI=1S/C20H19N3O2/c1-4-25-19-12-14(9-10-18(19)24-3)11-15(13-21)20-22-16-7-5-6-8-17(16)23(20)2/h5-12H,4H2,1-3H3. The van der Waals surface area contributed by atoms with Crippen LogP contribution < -0.4 is 9.47 Å². The molecule has 3 aromatic rings. The summed E-state index contributed by atoms with van der Waals surface area (Å²) in [5.74, 6) is 1.96. The van der Waals surface area contributed by atoms with Gasteiger partial charge in [0.05, 0.1) is 30.3 Å². The number of rotatable bonds is 5. The van der Waals surface area contributed by atoms with Crippen LogP contribution in [0, 0.1) is 11.3 Å². The molecule has 2 aromatic carbocycles. The van der Waals surface area contributed by atoms with Gasteiger partial charge in [-0.15, -0.1) is 0 Å². The number of allylic oxidation sites excluding steroid dienone is 1. The third-order valence-corrected chi connectivity index (χ3v) is 3.95. The molecule has 0 atom stereocenters. The van der Waals surface area contributed by atoms with Crippen molar-refractivity contribution in [3.8, 4) is 17.6 Å². The van der Waals surface area contributed by atoms with E-state index < -0.39 is 0 Å². The molecule has 0 bridgehead atoms. The van der Waals surface area contributed by atoms with Crippen molar-refractivity contribution in [2.45, 2.75) is 6.92 Å². The van der Waals surface area contributed by atoms with Crippen LogP contribution in [0.15, 0.2) is 42.5 Å². The van der Waals surface area contributed by atoms with Crippen LogP contribution in [-0.4, -0.2) is 23.3 Å². The molecule has 0 aliphatic carbocycles. The van der Waals surface area contributed by atoms with Crippen molar-refractivity contribution in [3.63, 3.8) is 0 Å². The predicted octanol–water partition coefficient (Wildman–Crippen LogP) is 4.04. The molecule has 0 unspecified atom stereocenters. The minimum Gasteiger partial charge on any atom is -0.493 e. The van der Waals surface area contributed by atoms with Crippen LogP contribution in [0.4, 0.5) is 0 Å². The summed E-state index contributed by atoms with van der Waals surface area (Å²) < 4.78 is 12.8. The van der Waals surface area contributed by atoms with Gasteiger partial charge in [-0.25, -0.2) is 4.98 Å². The molecule has 5 heteroatoms. The number of methoxy groups -OCH3 is 1. The fourth-order valence-electron chi connectivity index (χ4n) is 2.75. The number of nitrogens with zero attached hydrogens (tertiary/aromatic N) is 3. The fourth-order valence-corrected chi connectivity index (χ4v) is 2.75. The topological polar surface area (TPSA) is 60.1 Å². The number of hydrogen-bond acceptors (Lipinski definition) is 4. The summed E-state index contributed by atoms with van der Waals surface area (Å²) in [4.78, 5) is 4.59. The molecule has 5 nitrogen and oxygen atoms in total. The second-order valence-corrected chi connectivity index (χ2v) is 5.50. The lowest BCUT2D eigenvalue weighted by Crippen LogP contribution is -1.97. The lowest BCUT2D eigenvalue weighted by Gasteiger charge is -2.10. The van der Waals surface area contributed by atoms with E-state index in [0.29, 0.717) is 29.5 Å². The lowest BCUT2D eigenvalue weighted by atomic mass is 10.1. The normalized spacial score (nSPS) is 11.4. The van der Waals surface area contributed by atoms with E-state index in [1.165, 1.54) is 0 Å². The van der Waals surface area contributed by atoms with Gasteiger partial charge in [0.1, 0.15) is 6.07 Å². The van der Waals surface area contributed by atoms with Crippen molar-refractivity contribution >= 4 is 22.7 Å². The number of aromatic nitrogens is 2. The smallest absolute Gasteiger partial charge is 0.161 e. The highest BCUT2D eigenvalue weighted by atomic mass is 16.5. The summed E-state index contributed by atoms with van der Waals surface area (Å²) in [6.45, 7) is 2.46. The number of benzene rings is 2.